The number of carbonyl (C=O) groups excluding carboxylic acids is 2. The molecule has 10 atom stereocenters. The van der Waals surface area contributed by atoms with Crippen LogP contribution in [0.25, 0.3) is 22.1 Å². The molecule has 3 saturated heterocycles. The van der Waals surface area contributed by atoms with Gasteiger partial charge in [-0.05, 0) is 134 Å². The van der Waals surface area contributed by atoms with Crippen LogP contribution in [0.15, 0.2) is 36.4 Å². The molecule has 4 bridgehead atoms. The predicted molar refractivity (Wildman–Crippen MR) is 249 cm³/mol. The standard InChI is InChI=1S/C53H70F4N6O4/c1-48(2,3)42(62-46(64)50(7)20-21-51(54,55)28-66-50)44-58-38-18-16-34(26-40(38)60-44)36-24-30-8-12-32(36)13-9-31-11-15-33(14-10-30)37(25-31)35-17-19-39-41(27-35)61-45(59-39)43(49(4,5)6)63-47(65)53(63)23-22-52(56,57)29-67-53/h16-19,26-27,30-33,36-37,42-43H,8-15,20-25,28-29H2,1-7H3,(H,58,60)(H,59,61)(H,62,64)/t30?,31?,32?,33?,36-,37-,42-,43-,50?,53?,63?/m1/s1. The maximum absolute atomic E-state index is 14.1. The third kappa shape index (κ3) is 8.93. The number of halogens is 4. The van der Waals surface area contributed by atoms with Gasteiger partial charge in [0.05, 0.1) is 34.2 Å². The molecule has 67 heavy (non-hydrogen) atoms. The van der Waals surface area contributed by atoms with Gasteiger partial charge in [-0.3, -0.25) is 14.5 Å². The summed E-state index contributed by atoms with van der Waals surface area (Å²) in [4.78, 5) is 45.9. The molecule has 3 aliphatic heterocycles. The molecule has 0 radical (unpaired) electrons. The summed E-state index contributed by atoms with van der Waals surface area (Å²) >= 11 is 0. The molecule has 9 fully saturated rings. The van der Waals surface area contributed by atoms with Gasteiger partial charge in [-0.15, -0.1) is 0 Å². The van der Waals surface area contributed by atoms with Crippen LogP contribution in [-0.4, -0.2) is 73.0 Å². The largest absolute Gasteiger partial charge is 0.359 e. The zero-order valence-electron chi connectivity index (χ0n) is 40.4. The highest BCUT2D eigenvalue weighted by Crippen LogP contribution is 2.56. The number of benzene rings is 2. The Labute approximate surface area is 391 Å². The lowest BCUT2D eigenvalue weighted by Gasteiger charge is -2.42. The van der Waals surface area contributed by atoms with Gasteiger partial charge >= 0.3 is 0 Å². The van der Waals surface area contributed by atoms with Crippen molar-refractivity contribution in [2.45, 2.75) is 185 Å². The van der Waals surface area contributed by atoms with Crippen LogP contribution in [0.1, 0.15) is 185 Å². The highest BCUT2D eigenvalue weighted by molar-refractivity contribution is 6.01. The number of nitrogens with zero attached hydrogens (tertiary/aromatic N) is 3. The molecule has 1 spiro atoms. The van der Waals surface area contributed by atoms with Crippen LogP contribution in [0.4, 0.5) is 17.6 Å². The molecule has 2 amide bonds. The monoisotopic (exact) mass is 931 g/mol. The van der Waals surface area contributed by atoms with Crippen LogP contribution in [0.2, 0.25) is 0 Å². The van der Waals surface area contributed by atoms with Crippen molar-refractivity contribution in [2.24, 2.45) is 34.5 Å². The van der Waals surface area contributed by atoms with E-state index in [1.165, 1.54) is 68.9 Å². The Hall–Kier alpha value is -4.04. The van der Waals surface area contributed by atoms with Gasteiger partial charge in [0.15, 0.2) is 0 Å². The molecule has 6 saturated carbocycles. The SMILES string of the molecule is CC1(C(=O)N[C@H](c2nc3cc([C@@H]4CC5CCC4CCC4CCC(CC5)[C@H](c5ccc6[nH]c([C@@H](N7C(=O)C78CCC(F)(F)CO8)C(C)(C)C)nc6c5)C4)ccc3[nH]2)C(C)(C)C)CCC(F)(F)CO1. The van der Waals surface area contributed by atoms with Gasteiger partial charge in [0, 0.05) is 19.3 Å². The zero-order chi connectivity index (χ0) is 47.5. The van der Waals surface area contributed by atoms with Crippen molar-refractivity contribution in [3.8, 4) is 0 Å². The average molecular weight is 931 g/mol. The van der Waals surface area contributed by atoms with E-state index in [0.29, 0.717) is 47.2 Å². The first kappa shape index (κ1) is 46.7. The van der Waals surface area contributed by atoms with E-state index in [9.17, 15) is 27.2 Å². The first-order chi connectivity index (χ1) is 31.5. The predicted octanol–water partition coefficient (Wildman–Crippen LogP) is 12.2. The Balaban J connectivity index is 0.844. The summed E-state index contributed by atoms with van der Waals surface area (Å²) in [7, 11) is 0. The number of rotatable bonds is 7. The molecule has 6 unspecified atom stereocenters. The van der Waals surface area contributed by atoms with E-state index >= 15 is 0 Å². The minimum Gasteiger partial charge on any atom is -0.359 e. The number of fused-ring (bicyclic) bond motifs is 2. The molecule has 2 aromatic carbocycles. The van der Waals surface area contributed by atoms with Crippen LogP contribution in [0, 0.1) is 34.5 Å². The topological polar surface area (TPSA) is 125 Å². The number of carbonyl (C=O) groups is 2. The number of imidazole rings is 2. The van der Waals surface area contributed by atoms with Crippen molar-refractivity contribution >= 4 is 33.9 Å². The maximum atomic E-state index is 14.1. The van der Waals surface area contributed by atoms with E-state index in [1.54, 1.807) is 11.8 Å². The van der Waals surface area contributed by atoms with E-state index < -0.39 is 65.2 Å². The third-order valence-corrected chi connectivity index (χ3v) is 17.0. The van der Waals surface area contributed by atoms with Crippen LogP contribution >= 0.6 is 0 Å². The molecule has 13 rings (SSSR count). The minimum absolute atomic E-state index is 0.0274. The van der Waals surface area contributed by atoms with Gasteiger partial charge in [-0.1, -0.05) is 79.4 Å². The minimum atomic E-state index is -2.93. The van der Waals surface area contributed by atoms with E-state index in [1.807, 2.05) is 20.8 Å². The maximum Gasteiger partial charge on any atom is 0.279 e. The molecular weight excluding hydrogens is 861 g/mol. The van der Waals surface area contributed by atoms with Crippen molar-refractivity contribution in [3.05, 3.63) is 59.2 Å². The Morgan fingerprint density at radius 2 is 1.19 bits per heavy atom. The Bertz CT molecular complexity index is 2500. The number of amides is 2. The van der Waals surface area contributed by atoms with Gasteiger partial charge < -0.3 is 24.8 Å². The zero-order valence-corrected chi connectivity index (χ0v) is 40.4. The highest BCUT2D eigenvalue weighted by atomic mass is 19.3. The Kier molecular flexibility index (Phi) is 11.5. The molecule has 364 valence electrons. The van der Waals surface area contributed by atoms with Crippen LogP contribution in [-0.2, 0) is 19.1 Å². The summed E-state index contributed by atoms with van der Waals surface area (Å²) in [6, 6.07) is 12.4. The van der Waals surface area contributed by atoms with Crippen molar-refractivity contribution in [1.82, 2.24) is 30.2 Å². The van der Waals surface area contributed by atoms with Crippen molar-refractivity contribution in [3.63, 3.8) is 0 Å². The van der Waals surface area contributed by atoms with Crippen molar-refractivity contribution < 1.29 is 36.6 Å². The smallest absolute Gasteiger partial charge is 0.279 e. The average Bonchev–Trinajstić information content (AvgIpc) is 3.56. The van der Waals surface area contributed by atoms with Gasteiger partial charge in [0.25, 0.3) is 23.7 Å². The van der Waals surface area contributed by atoms with Gasteiger partial charge in [-0.2, -0.15) is 0 Å². The summed E-state index contributed by atoms with van der Waals surface area (Å²) in [6.45, 7) is 12.4. The van der Waals surface area contributed by atoms with E-state index in [4.69, 9.17) is 19.4 Å². The second kappa shape index (κ2) is 16.5. The van der Waals surface area contributed by atoms with Crippen LogP contribution in [0.3, 0.4) is 0 Å². The van der Waals surface area contributed by atoms with Crippen molar-refractivity contribution in [1.29, 1.82) is 0 Å². The fourth-order valence-corrected chi connectivity index (χ4v) is 13.0. The first-order valence-corrected chi connectivity index (χ1v) is 25.2. The molecule has 3 N–H and O–H groups in total. The number of H-pyrrole nitrogens is 2. The lowest BCUT2D eigenvalue weighted by atomic mass is 9.63. The summed E-state index contributed by atoms with van der Waals surface area (Å²) < 4.78 is 67.2. The number of nitrogens with one attached hydrogen (secondary N) is 3. The lowest BCUT2D eigenvalue weighted by molar-refractivity contribution is -0.190. The molecule has 4 aromatic rings. The van der Waals surface area contributed by atoms with Crippen molar-refractivity contribution in [2.75, 3.05) is 13.2 Å². The van der Waals surface area contributed by atoms with Crippen LogP contribution < -0.4 is 5.32 Å². The Morgan fingerprint density at radius 1 is 0.701 bits per heavy atom. The molecule has 5 heterocycles. The highest BCUT2D eigenvalue weighted by Gasteiger charge is 2.71. The molecule has 6 aliphatic carbocycles. The summed E-state index contributed by atoms with van der Waals surface area (Å²) in [6.07, 6.45) is 11.3. The van der Waals surface area contributed by atoms with Gasteiger partial charge in [0.1, 0.15) is 30.5 Å². The number of aromatic amines is 2. The van der Waals surface area contributed by atoms with E-state index in [-0.39, 0.29) is 31.6 Å². The summed E-state index contributed by atoms with van der Waals surface area (Å²) in [5.74, 6) is -1.81. The lowest BCUT2D eigenvalue weighted by Crippen LogP contribution is -2.54. The second-order valence-electron chi connectivity index (χ2n) is 24.1. The molecular formula is C53H70F4N6O4. The third-order valence-electron chi connectivity index (χ3n) is 17.0. The number of ether oxygens (including phenoxy) is 2. The van der Waals surface area contributed by atoms with Gasteiger partial charge in [0.2, 0.25) is 5.72 Å². The molecule has 10 nitrogen and oxygen atoms in total. The normalized spacial score (nSPS) is 33.1. The molecule has 2 aromatic heterocycles. The summed E-state index contributed by atoms with van der Waals surface area (Å²) in [5.41, 5.74) is 2.78. The second-order valence-corrected chi connectivity index (χ2v) is 24.1. The van der Waals surface area contributed by atoms with Gasteiger partial charge in [-0.25, -0.2) is 27.5 Å². The Morgan fingerprint density at radius 3 is 1.66 bits per heavy atom. The number of aromatic nitrogens is 4. The molecule has 14 heteroatoms. The quantitative estimate of drug-likeness (QED) is 0.125. The fourth-order valence-electron chi connectivity index (χ4n) is 13.0. The van der Waals surface area contributed by atoms with E-state index in [0.717, 1.165) is 28.5 Å². The van der Waals surface area contributed by atoms with E-state index in [2.05, 4.69) is 72.5 Å². The molecule has 9 aliphatic rings. The first-order valence-electron chi connectivity index (χ1n) is 25.2. The number of hydrogen-bond acceptors (Lipinski definition) is 6. The fraction of sp³-hybridized carbons (Fsp3) is 0.698. The van der Waals surface area contributed by atoms with Crippen LogP contribution in [0.5, 0.6) is 0 Å². The number of alkyl halides is 4. The number of hydrogen-bond donors (Lipinski definition) is 3. The summed E-state index contributed by atoms with van der Waals surface area (Å²) in [5, 5.41) is 3.13.